The average Bonchev–Trinajstić information content (AvgIpc) is 2.99. The molecule has 1 aromatic rings. The Morgan fingerprint density at radius 2 is 2.25 bits per heavy atom. The maximum Gasteiger partial charge on any atom is 0.229 e. The van der Waals surface area contributed by atoms with Crippen molar-refractivity contribution in [1.29, 1.82) is 0 Å². The van der Waals surface area contributed by atoms with Gasteiger partial charge >= 0.3 is 0 Å². The number of para-hydroxylation sites is 1. The lowest BCUT2D eigenvalue weighted by molar-refractivity contribution is -0.117. The quantitative estimate of drug-likeness (QED) is 0.799. The minimum absolute atomic E-state index is 0.0102. The van der Waals surface area contributed by atoms with E-state index in [2.05, 4.69) is 5.32 Å². The molecule has 0 spiro atoms. The summed E-state index contributed by atoms with van der Waals surface area (Å²) in [6, 6.07) is 7.66. The third-order valence-corrected chi connectivity index (χ3v) is 2.75. The highest BCUT2D eigenvalue weighted by Crippen LogP contribution is 2.29. The van der Waals surface area contributed by atoms with Gasteiger partial charge in [0.2, 0.25) is 5.91 Å². The number of methoxy groups -OCH3 is 1. The molecule has 1 saturated carbocycles. The van der Waals surface area contributed by atoms with Crippen molar-refractivity contribution in [2.75, 3.05) is 12.4 Å². The number of nitrogens with two attached hydrogens (primary N) is 1. The fraction of sp³-hybridized carbons (Fsp3) is 0.417. The molecule has 16 heavy (non-hydrogen) atoms. The second-order valence-corrected chi connectivity index (χ2v) is 4.09. The summed E-state index contributed by atoms with van der Waals surface area (Å²) in [5.41, 5.74) is 7.42. The highest BCUT2D eigenvalue weighted by molar-refractivity contribution is 5.95. The number of amides is 1. The zero-order valence-electron chi connectivity index (χ0n) is 9.27. The smallest absolute Gasteiger partial charge is 0.229 e. The molecule has 0 saturated heterocycles. The fourth-order valence-corrected chi connectivity index (χ4v) is 1.67. The Morgan fingerprint density at radius 3 is 2.88 bits per heavy atom. The first-order valence-electron chi connectivity index (χ1n) is 5.35. The van der Waals surface area contributed by atoms with Crippen molar-refractivity contribution < 1.29 is 9.53 Å². The topological polar surface area (TPSA) is 64.3 Å². The van der Waals surface area contributed by atoms with E-state index in [1.54, 1.807) is 7.11 Å². The van der Waals surface area contributed by atoms with Gasteiger partial charge in [-0.25, -0.2) is 0 Å². The van der Waals surface area contributed by atoms with E-state index in [0.717, 1.165) is 17.7 Å². The van der Waals surface area contributed by atoms with Gasteiger partial charge in [0, 0.05) is 24.4 Å². The van der Waals surface area contributed by atoms with Crippen molar-refractivity contribution in [1.82, 2.24) is 0 Å². The van der Waals surface area contributed by atoms with Crippen LogP contribution in [0.2, 0.25) is 0 Å². The highest BCUT2D eigenvalue weighted by atomic mass is 16.5. The minimum atomic E-state index is -0.0180. The molecule has 1 amide bonds. The molecule has 0 bridgehead atoms. The van der Waals surface area contributed by atoms with Gasteiger partial charge in [0.1, 0.15) is 0 Å². The summed E-state index contributed by atoms with van der Waals surface area (Å²) >= 11 is 0. The summed E-state index contributed by atoms with van der Waals surface area (Å²) in [4.78, 5) is 11.7. The molecule has 0 radical (unpaired) electrons. The van der Waals surface area contributed by atoms with Gasteiger partial charge in [0.15, 0.2) is 0 Å². The second-order valence-electron chi connectivity index (χ2n) is 4.09. The largest absolute Gasteiger partial charge is 0.380 e. The van der Waals surface area contributed by atoms with Crippen LogP contribution in [0.3, 0.4) is 0 Å². The van der Waals surface area contributed by atoms with Crippen molar-refractivity contribution in [2.45, 2.75) is 19.1 Å². The van der Waals surface area contributed by atoms with Crippen molar-refractivity contribution >= 4 is 11.6 Å². The van der Waals surface area contributed by atoms with E-state index in [1.165, 1.54) is 0 Å². The van der Waals surface area contributed by atoms with Gasteiger partial charge in [-0.15, -0.1) is 0 Å². The van der Waals surface area contributed by atoms with E-state index < -0.39 is 0 Å². The predicted octanol–water partition coefficient (Wildman–Crippen LogP) is 1.12. The maximum atomic E-state index is 11.7. The number of carbonyl (C=O) groups excluding carboxylic acids is 1. The van der Waals surface area contributed by atoms with Gasteiger partial charge in [-0.1, -0.05) is 18.2 Å². The molecule has 2 unspecified atom stereocenters. The van der Waals surface area contributed by atoms with Crippen LogP contribution in [0.15, 0.2) is 24.3 Å². The Labute approximate surface area is 94.8 Å². The molecule has 0 heterocycles. The molecular formula is C12H16N2O2. The molecule has 1 aliphatic rings. The number of nitrogens with one attached hydrogen (secondary N) is 1. The van der Waals surface area contributed by atoms with Gasteiger partial charge in [-0.2, -0.15) is 0 Å². The highest BCUT2D eigenvalue weighted by Gasteiger charge is 2.40. The molecule has 0 aliphatic heterocycles. The summed E-state index contributed by atoms with van der Waals surface area (Å²) in [5.74, 6) is -0.00773. The van der Waals surface area contributed by atoms with Crippen LogP contribution in [0.1, 0.15) is 12.0 Å². The van der Waals surface area contributed by atoms with E-state index in [0.29, 0.717) is 6.61 Å². The Kier molecular flexibility index (Phi) is 3.22. The van der Waals surface area contributed by atoms with Crippen LogP contribution in [-0.4, -0.2) is 19.1 Å². The third kappa shape index (κ3) is 2.40. The Morgan fingerprint density at radius 1 is 1.56 bits per heavy atom. The molecular weight excluding hydrogens is 204 g/mol. The van der Waals surface area contributed by atoms with Crippen molar-refractivity contribution in [2.24, 2.45) is 11.7 Å². The summed E-state index contributed by atoms with van der Waals surface area (Å²) < 4.78 is 5.07. The van der Waals surface area contributed by atoms with E-state index in [1.807, 2.05) is 24.3 Å². The van der Waals surface area contributed by atoms with Crippen molar-refractivity contribution in [3.63, 3.8) is 0 Å². The first-order chi connectivity index (χ1) is 7.72. The number of ether oxygens (including phenoxy) is 1. The Hall–Kier alpha value is -1.39. The van der Waals surface area contributed by atoms with Crippen LogP contribution in [-0.2, 0) is 16.1 Å². The number of benzene rings is 1. The third-order valence-electron chi connectivity index (χ3n) is 2.75. The van der Waals surface area contributed by atoms with E-state index in [-0.39, 0.29) is 17.9 Å². The lowest BCUT2D eigenvalue weighted by Crippen LogP contribution is -2.19. The van der Waals surface area contributed by atoms with E-state index in [9.17, 15) is 4.79 Å². The average molecular weight is 220 g/mol. The number of rotatable bonds is 4. The fourth-order valence-electron chi connectivity index (χ4n) is 1.67. The first-order valence-corrected chi connectivity index (χ1v) is 5.35. The zero-order chi connectivity index (χ0) is 11.5. The molecule has 86 valence electrons. The Balaban J connectivity index is 2.05. The standard InChI is InChI=1S/C12H16N2O2/c1-16-7-8-4-2-3-5-11(8)14-12(15)9-6-10(9)13/h2-5,9-10H,6-7,13H2,1H3,(H,14,15). The van der Waals surface area contributed by atoms with Crippen LogP contribution < -0.4 is 11.1 Å². The van der Waals surface area contributed by atoms with Gasteiger partial charge < -0.3 is 15.8 Å². The molecule has 2 rings (SSSR count). The molecule has 0 aromatic heterocycles. The minimum Gasteiger partial charge on any atom is -0.380 e. The summed E-state index contributed by atoms with van der Waals surface area (Å²) in [6.07, 6.45) is 0.790. The van der Waals surface area contributed by atoms with Crippen LogP contribution in [0.25, 0.3) is 0 Å². The molecule has 1 fully saturated rings. The molecule has 4 nitrogen and oxygen atoms in total. The van der Waals surface area contributed by atoms with Gasteiger partial charge in [0.25, 0.3) is 0 Å². The molecule has 2 atom stereocenters. The normalized spacial score (nSPS) is 22.9. The van der Waals surface area contributed by atoms with E-state index in [4.69, 9.17) is 10.5 Å². The number of carbonyl (C=O) groups is 1. The first kappa shape index (κ1) is 11.1. The maximum absolute atomic E-state index is 11.7. The second kappa shape index (κ2) is 4.63. The lowest BCUT2D eigenvalue weighted by Gasteiger charge is -2.09. The molecule has 1 aromatic carbocycles. The van der Waals surface area contributed by atoms with Crippen LogP contribution in [0.5, 0.6) is 0 Å². The summed E-state index contributed by atoms with van der Waals surface area (Å²) in [5, 5.41) is 2.89. The number of hydrogen-bond donors (Lipinski definition) is 2. The molecule has 4 heteroatoms. The number of anilines is 1. The van der Waals surface area contributed by atoms with Crippen LogP contribution in [0.4, 0.5) is 5.69 Å². The number of hydrogen-bond acceptors (Lipinski definition) is 3. The SMILES string of the molecule is COCc1ccccc1NC(=O)C1CC1N. The van der Waals surface area contributed by atoms with Crippen molar-refractivity contribution in [3.8, 4) is 0 Å². The summed E-state index contributed by atoms with van der Waals surface area (Å²) in [7, 11) is 1.63. The Bertz CT molecular complexity index is 392. The lowest BCUT2D eigenvalue weighted by atomic mass is 10.2. The van der Waals surface area contributed by atoms with E-state index >= 15 is 0 Å². The van der Waals surface area contributed by atoms with Gasteiger partial charge in [0.05, 0.1) is 12.5 Å². The van der Waals surface area contributed by atoms with Gasteiger partial charge in [-0.3, -0.25) is 4.79 Å². The predicted molar refractivity (Wildman–Crippen MR) is 61.9 cm³/mol. The van der Waals surface area contributed by atoms with Gasteiger partial charge in [-0.05, 0) is 12.5 Å². The molecule has 1 aliphatic carbocycles. The molecule has 3 N–H and O–H groups in total. The monoisotopic (exact) mass is 220 g/mol. The zero-order valence-corrected chi connectivity index (χ0v) is 9.27. The van der Waals surface area contributed by atoms with Crippen LogP contribution in [0, 0.1) is 5.92 Å². The van der Waals surface area contributed by atoms with Crippen LogP contribution >= 0.6 is 0 Å². The summed E-state index contributed by atoms with van der Waals surface area (Å²) in [6.45, 7) is 0.493. The van der Waals surface area contributed by atoms with Crippen molar-refractivity contribution in [3.05, 3.63) is 29.8 Å².